The van der Waals surface area contributed by atoms with Crippen molar-refractivity contribution in [3.63, 3.8) is 0 Å². The van der Waals surface area contributed by atoms with E-state index < -0.39 is 30.0 Å². The second kappa shape index (κ2) is 5.67. The monoisotopic (exact) mass is 329 g/mol. The molecule has 0 aromatic carbocycles. The van der Waals surface area contributed by atoms with Gasteiger partial charge in [-0.05, 0) is 27.7 Å². The molecular formula is C16H27NO6. The Morgan fingerprint density at radius 1 is 1.00 bits per heavy atom. The van der Waals surface area contributed by atoms with Crippen molar-refractivity contribution in [1.29, 1.82) is 0 Å². The van der Waals surface area contributed by atoms with Crippen LogP contribution in [0.1, 0.15) is 41.5 Å². The van der Waals surface area contributed by atoms with Crippen molar-refractivity contribution in [2.45, 2.75) is 83.8 Å². The Kier molecular flexibility index (Phi) is 4.21. The molecule has 3 rings (SSSR count). The van der Waals surface area contributed by atoms with Gasteiger partial charge in [-0.25, -0.2) is 0 Å². The molecule has 0 spiro atoms. The number of hydrogen-bond donors (Lipinski definition) is 0. The molecule has 0 aromatic rings. The van der Waals surface area contributed by atoms with Crippen LogP contribution in [-0.2, 0) is 23.7 Å². The Hall–Kier alpha value is -0.730. The molecule has 0 unspecified atom stereocenters. The van der Waals surface area contributed by atoms with E-state index in [-0.39, 0.29) is 18.1 Å². The van der Waals surface area contributed by atoms with E-state index in [1.54, 1.807) is 6.21 Å². The summed E-state index contributed by atoms with van der Waals surface area (Å²) in [7, 11) is 0. The van der Waals surface area contributed by atoms with E-state index >= 15 is 0 Å². The molecule has 7 heteroatoms. The van der Waals surface area contributed by atoms with Gasteiger partial charge in [-0.15, -0.1) is 0 Å². The van der Waals surface area contributed by atoms with Gasteiger partial charge in [-0.3, -0.25) is 0 Å². The van der Waals surface area contributed by atoms with Crippen LogP contribution in [0.3, 0.4) is 0 Å². The van der Waals surface area contributed by atoms with E-state index in [4.69, 9.17) is 23.7 Å². The van der Waals surface area contributed by atoms with Crippen molar-refractivity contribution in [2.24, 2.45) is 5.92 Å². The highest BCUT2D eigenvalue weighted by atomic mass is 16.8. The molecule has 3 aliphatic heterocycles. The summed E-state index contributed by atoms with van der Waals surface area (Å²) >= 11 is 0. The number of rotatable bonds is 3. The van der Waals surface area contributed by atoms with Gasteiger partial charge in [0.1, 0.15) is 18.3 Å². The number of fused-ring (bicyclic) bond motifs is 1. The van der Waals surface area contributed by atoms with Crippen LogP contribution in [0, 0.1) is 11.1 Å². The van der Waals surface area contributed by atoms with E-state index in [2.05, 4.69) is 0 Å². The molecule has 23 heavy (non-hydrogen) atoms. The quantitative estimate of drug-likeness (QED) is 0.339. The van der Waals surface area contributed by atoms with Crippen molar-refractivity contribution in [1.82, 2.24) is 0 Å². The molecular weight excluding hydrogens is 302 g/mol. The van der Waals surface area contributed by atoms with Gasteiger partial charge < -0.3 is 28.9 Å². The Morgan fingerprint density at radius 2 is 1.65 bits per heavy atom. The topological polar surface area (TPSA) is 72.2 Å². The Morgan fingerprint density at radius 3 is 2.22 bits per heavy atom. The molecule has 0 bridgehead atoms. The molecule has 3 saturated heterocycles. The lowest BCUT2D eigenvalue weighted by Gasteiger charge is -2.26. The standard InChI is InChI=1S/C16H27NO6/c1-9(2)7-17(18)14-13-12(22-16(5,6)23-13)11(20-14)10-8-19-15(3,4)21-10/h7,9-14H,8H2,1-6H3/b17-7-/t10-,11-,12+,13+,14-/m1/s1. The summed E-state index contributed by atoms with van der Waals surface area (Å²) in [5.74, 6) is -1.28. The normalized spacial score (nSPS) is 42.4. The van der Waals surface area contributed by atoms with Gasteiger partial charge in [-0.2, -0.15) is 4.74 Å². The summed E-state index contributed by atoms with van der Waals surface area (Å²) in [5, 5.41) is 12.4. The second-order valence-electron chi connectivity index (χ2n) is 7.68. The first-order chi connectivity index (χ1) is 10.6. The summed E-state index contributed by atoms with van der Waals surface area (Å²) in [5.41, 5.74) is 0. The molecule has 0 amide bonds. The molecule has 0 radical (unpaired) electrons. The Balaban J connectivity index is 1.82. The maximum absolute atomic E-state index is 12.4. The maximum atomic E-state index is 12.4. The van der Waals surface area contributed by atoms with E-state index in [0.717, 1.165) is 4.74 Å². The summed E-state index contributed by atoms with van der Waals surface area (Å²) in [6.45, 7) is 11.7. The summed E-state index contributed by atoms with van der Waals surface area (Å²) < 4.78 is 30.3. The maximum Gasteiger partial charge on any atom is 0.297 e. The van der Waals surface area contributed by atoms with Crippen LogP contribution in [0.2, 0.25) is 0 Å². The molecule has 132 valence electrons. The predicted molar refractivity (Wildman–Crippen MR) is 81.9 cm³/mol. The average molecular weight is 329 g/mol. The molecule has 0 saturated carbocycles. The highest BCUT2D eigenvalue weighted by Gasteiger charge is 2.62. The van der Waals surface area contributed by atoms with Crippen LogP contribution in [0.25, 0.3) is 0 Å². The van der Waals surface area contributed by atoms with Crippen LogP contribution < -0.4 is 0 Å². The minimum Gasteiger partial charge on any atom is -0.622 e. The molecule has 0 aromatic heterocycles. The minimum absolute atomic E-state index is 0.119. The van der Waals surface area contributed by atoms with Crippen LogP contribution in [0.5, 0.6) is 0 Å². The van der Waals surface area contributed by atoms with Crippen molar-refractivity contribution >= 4 is 6.21 Å². The summed E-state index contributed by atoms with van der Waals surface area (Å²) in [6.07, 6.45) is -0.627. The highest BCUT2D eigenvalue weighted by Crippen LogP contribution is 2.42. The number of hydroxylamine groups is 1. The Bertz CT molecular complexity index is 489. The number of hydrogen-bond acceptors (Lipinski definition) is 6. The molecule has 3 fully saturated rings. The third kappa shape index (κ3) is 3.39. The molecule has 3 aliphatic rings. The van der Waals surface area contributed by atoms with E-state index in [9.17, 15) is 5.21 Å². The first-order valence-corrected chi connectivity index (χ1v) is 8.21. The van der Waals surface area contributed by atoms with Gasteiger partial charge in [0.05, 0.1) is 6.61 Å². The number of nitrogens with zero attached hydrogens (tertiary/aromatic N) is 1. The van der Waals surface area contributed by atoms with Crippen molar-refractivity contribution < 1.29 is 28.4 Å². The highest BCUT2D eigenvalue weighted by molar-refractivity contribution is 5.53. The van der Waals surface area contributed by atoms with E-state index in [1.807, 2.05) is 41.5 Å². The van der Waals surface area contributed by atoms with Gasteiger partial charge in [-0.1, -0.05) is 13.8 Å². The van der Waals surface area contributed by atoms with E-state index in [1.165, 1.54) is 0 Å². The van der Waals surface area contributed by atoms with Crippen LogP contribution in [0.15, 0.2) is 0 Å². The lowest BCUT2D eigenvalue weighted by Crippen LogP contribution is -2.40. The minimum atomic E-state index is -0.747. The third-order valence-corrected chi connectivity index (χ3v) is 4.16. The molecule has 0 N–H and O–H groups in total. The fourth-order valence-corrected chi connectivity index (χ4v) is 3.37. The van der Waals surface area contributed by atoms with Gasteiger partial charge in [0.2, 0.25) is 0 Å². The van der Waals surface area contributed by atoms with Crippen LogP contribution in [-0.4, -0.2) is 59.8 Å². The third-order valence-electron chi connectivity index (χ3n) is 4.16. The zero-order chi connectivity index (χ0) is 17.0. The zero-order valence-corrected chi connectivity index (χ0v) is 14.6. The zero-order valence-electron chi connectivity index (χ0n) is 14.6. The van der Waals surface area contributed by atoms with Gasteiger partial charge in [0.25, 0.3) is 6.23 Å². The molecule has 3 heterocycles. The predicted octanol–water partition coefficient (Wildman–Crippen LogP) is 1.62. The van der Waals surface area contributed by atoms with Gasteiger partial charge in [0.15, 0.2) is 23.9 Å². The largest absolute Gasteiger partial charge is 0.622 e. The van der Waals surface area contributed by atoms with Crippen LogP contribution in [0.4, 0.5) is 0 Å². The van der Waals surface area contributed by atoms with Crippen LogP contribution >= 0.6 is 0 Å². The van der Waals surface area contributed by atoms with Crippen molar-refractivity contribution in [2.75, 3.05) is 6.61 Å². The average Bonchev–Trinajstić information content (AvgIpc) is 2.98. The first-order valence-electron chi connectivity index (χ1n) is 8.21. The SMILES string of the molecule is CC(C)/C=[N+](\[O-])[C@@H]1O[C@H]([C@H]2COC(C)(C)O2)[C@@H]2OC(C)(C)O[C@@H]21. The molecule has 0 aliphatic carbocycles. The Labute approximate surface area is 137 Å². The lowest BCUT2D eigenvalue weighted by molar-refractivity contribution is -0.564. The van der Waals surface area contributed by atoms with Crippen molar-refractivity contribution in [3.05, 3.63) is 5.21 Å². The lowest BCUT2D eigenvalue weighted by atomic mass is 10.1. The summed E-state index contributed by atoms with van der Waals surface area (Å²) in [4.78, 5) is 0. The van der Waals surface area contributed by atoms with Gasteiger partial charge >= 0.3 is 0 Å². The smallest absolute Gasteiger partial charge is 0.297 e. The molecule has 7 nitrogen and oxygen atoms in total. The van der Waals surface area contributed by atoms with Crippen molar-refractivity contribution in [3.8, 4) is 0 Å². The summed E-state index contributed by atoms with van der Waals surface area (Å²) in [6, 6.07) is 0. The fourth-order valence-electron chi connectivity index (χ4n) is 3.37. The number of ether oxygens (including phenoxy) is 5. The van der Waals surface area contributed by atoms with E-state index in [0.29, 0.717) is 6.61 Å². The molecule has 5 atom stereocenters. The van der Waals surface area contributed by atoms with Gasteiger partial charge in [0, 0.05) is 5.92 Å². The first kappa shape index (κ1) is 17.1. The fraction of sp³-hybridized carbons (Fsp3) is 0.938. The second-order valence-corrected chi connectivity index (χ2v) is 7.68.